The first-order valence-corrected chi connectivity index (χ1v) is 8.03. The molecule has 0 saturated carbocycles. The summed E-state index contributed by atoms with van der Waals surface area (Å²) in [4.78, 5) is 12.2. The van der Waals surface area contributed by atoms with E-state index in [1.165, 1.54) is 10.4 Å². The van der Waals surface area contributed by atoms with E-state index in [2.05, 4.69) is 5.32 Å². The van der Waals surface area contributed by atoms with Crippen LogP contribution in [0.5, 0.6) is 0 Å². The molecule has 1 aromatic carbocycles. The van der Waals surface area contributed by atoms with E-state index in [9.17, 15) is 10.1 Å². The molecular weight excluding hydrogens is 308 g/mol. The Labute approximate surface area is 131 Å². The maximum Gasteiger partial charge on any atom is 0.292 e. The van der Waals surface area contributed by atoms with Crippen molar-refractivity contribution in [2.75, 3.05) is 5.32 Å². The van der Waals surface area contributed by atoms with Crippen molar-refractivity contribution in [3.63, 3.8) is 0 Å². The molecule has 2 aromatic rings. The summed E-state index contributed by atoms with van der Waals surface area (Å²) in [6, 6.07) is 7.36. The molecule has 3 rings (SSSR count). The third-order valence-corrected chi connectivity index (χ3v) is 5.10. The molecule has 0 fully saturated rings. The Hall–Kier alpha value is -1.59. The number of rotatable bonds is 3. The predicted molar refractivity (Wildman–Crippen MR) is 86.5 cm³/mol. The number of benzene rings is 1. The highest BCUT2D eigenvalue weighted by Crippen LogP contribution is 2.40. The molecule has 0 aliphatic heterocycles. The molecule has 0 bridgehead atoms. The van der Waals surface area contributed by atoms with Gasteiger partial charge in [0, 0.05) is 10.9 Å². The predicted octanol–water partition coefficient (Wildman–Crippen LogP) is 5.11. The number of aryl methyl sites for hydroxylation is 2. The minimum Gasteiger partial charge on any atom is -0.373 e. The van der Waals surface area contributed by atoms with Crippen molar-refractivity contribution in [3.05, 3.63) is 54.7 Å². The van der Waals surface area contributed by atoms with Gasteiger partial charge in [-0.2, -0.15) is 0 Å². The van der Waals surface area contributed by atoms with Gasteiger partial charge < -0.3 is 5.32 Å². The number of nitro benzene ring substituents is 1. The van der Waals surface area contributed by atoms with Crippen LogP contribution in [0, 0.1) is 17.0 Å². The summed E-state index contributed by atoms with van der Waals surface area (Å²) in [5, 5.41) is 14.5. The van der Waals surface area contributed by atoms with Gasteiger partial charge in [0.2, 0.25) is 0 Å². The van der Waals surface area contributed by atoms with Gasteiger partial charge in [-0.25, -0.2) is 0 Å². The first-order valence-electron chi connectivity index (χ1n) is 6.84. The van der Waals surface area contributed by atoms with Crippen molar-refractivity contribution in [3.8, 4) is 0 Å². The van der Waals surface area contributed by atoms with E-state index in [4.69, 9.17) is 11.6 Å². The summed E-state index contributed by atoms with van der Waals surface area (Å²) in [7, 11) is 0. The topological polar surface area (TPSA) is 55.2 Å². The standard InChI is InChI=1S/C15H15ClN2O2S/c1-9-5-6-12(13(7-9)18(19)20)17-11-3-2-4-14-10(11)8-15(16)21-14/h5-8,11,17H,2-4H2,1H3. The maximum atomic E-state index is 11.2. The fourth-order valence-electron chi connectivity index (χ4n) is 2.77. The lowest BCUT2D eigenvalue weighted by Crippen LogP contribution is -2.16. The van der Waals surface area contributed by atoms with E-state index >= 15 is 0 Å². The molecule has 4 nitrogen and oxygen atoms in total. The molecule has 0 amide bonds. The van der Waals surface area contributed by atoms with Crippen molar-refractivity contribution < 1.29 is 4.92 Å². The van der Waals surface area contributed by atoms with E-state index in [-0.39, 0.29) is 16.7 Å². The van der Waals surface area contributed by atoms with Crippen molar-refractivity contribution in [2.24, 2.45) is 0 Å². The smallest absolute Gasteiger partial charge is 0.292 e. The summed E-state index contributed by atoms with van der Waals surface area (Å²) in [6.45, 7) is 1.86. The second kappa shape index (κ2) is 5.66. The zero-order valence-corrected chi connectivity index (χ0v) is 13.1. The largest absolute Gasteiger partial charge is 0.373 e. The molecule has 1 heterocycles. The molecule has 110 valence electrons. The number of hydrogen-bond donors (Lipinski definition) is 1. The highest BCUT2D eigenvalue weighted by molar-refractivity contribution is 7.16. The Bertz CT molecular complexity index is 699. The molecule has 1 N–H and O–H groups in total. The molecule has 0 saturated heterocycles. The Morgan fingerprint density at radius 1 is 1.43 bits per heavy atom. The Morgan fingerprint density at radius 3 is 3.00 bits per heavy atom. The second-order valence-corrected chi connectivity index (χ2v) is 7.06. The van der Waals surface area contributed by atoms with Gasteiger partial charge in [-0.05, 0) is 49.4 Å². The highest BCUT2D eigenvalue weighted by Gasteiger charge is 2.25. The summed E-state index contributed by atoms with van der Waals surface area (Å²) in [5.74, 6) is 0. The zero-order chi connectivity index (χ0) is 15.0. The number of hydrogen-bond acceptors (Lipinski definition) is 4. The van der Waals surface area contributed by atoms with Crippen LogP contribution in [0.4, 0.5) is 11.4 Å². The first kappa shape index (κ1) is 14.4. The van der Waals surface area contributed by atoms with Crippen LogP contribution < -0.4 is 5.32 Å². The summed E-state index contributed by atoms with van der Waals surface area (Å²) in [5.41, 5.74) is 2.77. The van der Waals surface area contributed by atoms with Gasteiger partial charge in [0.05, 0.1) is 15.3 Å². The van der Waals surface area contributed by atoms with Gasteiger partial charge in [0.25, 0.3) is 5.69 Å². The number of anilines is 1. The van der Waals surface area contributed by atoms with E-state index < -0.39 is 0 Å². The van der Waals surface area contributed by atoms with Gasteiger partial charge in [-0.15, -0.1) is 11.3 Å². The lowest BCUT2D eigenvalue weighted by atomic mass is 9.93. The summed E-state index contributed by atoms with van der Waals surface area (Å²) >= 11 is 7.71. The maximum absolute atomic E-state index is 11.2. The molecule has 1 aromatic heterocycles. The van der Waals surface area contributed by atoms with Crippen LogP contribution in [0.15, 0.2) is 24.3 Å². The Morgan fingerprint density at radius 2 is 2.24 bits per heavy atom. The third kappa shape index (κ3) is 2.89. The first-order chi connectivity index (χ1) is 10.0. The fraction of sp³-hybridized carbons (Fsp3) is 0.333. The van der Waals surface area contributed by atoms with Gasteiger partial charge in [-0.3, -0.25) is 10.1 Å². The molecule has 0 spiro atoms. The molecule has 0 radical (unpaired) electrons. The van der Waals surface area contributed by atoms with Crippen LogP contribution in [0.2, 0.25) is 4.34 Å². The zero-order valence-electron chi connectivity index (χ0n) is 11.6. The second-order valence-electron chi connectivity index (χ2n) is 5.30. The molecule has 21 heavy (non-hydrogen) atoms. The normalized spacial score (nSPS) is 17.3. The molecule has 1 unspecified atom stereocenters. The van der Waals surface area contributed by atoms with E-state index in [1.807, 2.05) is 19.1 Å². The lowest BCUT2D eigenvalue weighted by Gasteiger charge is -2.24. The lowest BCUT2D eigenvalue weighted by molar-refractivity contribution is -0.384. The molecule has 1 aliphatic rings. The number of nitrogens with one attached hydrogen (secondary N) is 1. The van der Waals surface area contributed by atoms with Crippen LogP contribution in [0.25, 0.3) is 0 Å². The monoisotopic (exact) mass is 322 g/mol. The quantitative estimate of drug-likeness (QED) is 0.631. The number of fused-ring (bicyclic) bond motifs is 1. The van der Waals surface area contributed by atoms with Crippen molar-refractivity contribution >= 4 is 34.3 Å². The van der Waals surface area contributed by atoms with Crippen LogP contribution in [-0.4, -0.2) is 4.92 Å². The van der Waals surface area contributed by atoms with E-state index in [0.717, 1.165) is 29.2 Å². The number of nitro groups is 1. The van der Waals surface area contributed by atoms with Crippen LogP contribution in [-0.2, 0) is 6.42 Å². The van der Waals surface area contributed by atoms with E-state index in [0.29, 0.717) is 5.69 Å². The van der Waals surface area contributed by atoms with Crippen molar-refractivity contribution in [1.82, 2.24) is 0 Å². The van der Waals surface area contributed by atoms with Gasteiger partial charge in [0.1, 0.15) is 5.69 Å². The van der Waals surface area contributed by atoms with Gasteiger partial charge >= 0.3 is 0 Å². The van der Waals surface area contributed by atoms with Crippen molar-refractivity contribution in [2.45, 2.75) is 32.2 Å². The molecule has 1 aliphatic carbocycles. The number of halogens is 1. The SMILES string of the molecule is Cc1ccc(NC2CCCc3sc(Cl)cc32)c([N+](=O)[O-])c1. The van der Waals surface area contributed by atoms with E-state index in [1.54, 1.807) is 23.5 Å². The average molecular weight is 323 g/mol. The third-order valence-electron chi connectivity index (χ3n) is 3.76. The van der Waals surface area contributed by atoms with Gasteiger partial charge in [0.15, 0.2) is 0 Å². The molecular formula is C15H15ClN2O2S. The Balaban J connectivity index is 1.93. The van der Waals surface area contributed by atoms with Crippen molar-refractivity contribution in [1.29, 1.82) is 0 Å². The van der Waals surface area contributed by atoms with Gasteiger partial charge in [-0.1, -0.05) is 17.7 Å². The van der Waals surface area contributed by atoms with Crippen LogP contribution in [0.1, 0.15) is 34.9 Å². The Kier molecular flexibility index (Phi) is 3.87. The highest BCUT2D eigenvalue weighted by atomic mass is 35.5. The minimum absolute atomic E-state index is 0.0962. The van der Waals surface area contributed by atoms with Crippen LogP contribution in [0.3, 0.4) is 0 Å². The molecule has 1 atom stereocenters. The minimum atomic E-state index is -0.334. The summed E-state index contributed by atoms with van der Waals surface area (Å²) < 4.78 is 0.784. The summed E-state index contributed by atoms with van der Waals surface area (Å²) in [6.07, 6.45) is 3.08. The molecule has 6 heteroatoms. The fourth-order valence-corrected chi connectivity index (χ4v) is 4.16. The van der Waals surface area contributed by atoms with Crippen LogP contribution >= 0.6 is 22.9 Å². The number of nitrogens with zero attached hydrogens (tertiary/aromatic N) is 1. The average Bonchev–Trinajstić information content (AvgIpc) is 2.82. The number of thiophene rings is 1.